The minimum atomic E-state index is 0.169. The second kappa shape index (κ2) is 5.29. The van der Waals surface area contributed by atoms with Crippen LogP contribution in [0.5, 0.6) is 11.5 Å². The molecule has 1 amide bonds. The van der Waals surface area contributed by atoms with Gasteiger partial charge in [0.05, 0.1) is 0 Å². The molecule has 0 N–H and O–H groups in total. The molecule has 0 bridgehead atoms. The molecule has 2 rings (SSSR count). The van der Waals surface area contributed by atoms with Crippen molar-refractivity contribution in [3.63, 3.8) is 0 Å². The summed E-state index contributed by atoms with van der Waals surface area (Å²) in [7, 11) is 1.83. The van der Waals surface area contributed by atoms with Crippen molar-refractivity contribution in [1.82, 2.24) is 4.90 Å². The van der Waals surface area contributed by atoms with Gasteiger partial charge >= 0.3 is 0 Å². The lowest BCUT2D eigenvalue weighted by atomic mass is 10.1. The molecule has 0 aromatic heterocycles. The van der Waals surface area contributed by atoms with E-state index in [0.717, 1.165) is 17.1 Å². The lowest BCUT2D eigenvalue weighted by Gasteiger charge is -2.18. The Hall–Kier alpha value is -1.71. The van der Waals surface area contributed by atoms with Crippen molar-refractivity contribution >= 4 is 5.91 Å². The number of nitrogens with zero attached hydrogens (tertiary/aromatic N) is 1. The van der Waals surface area contributed by atoms with Crippen LogP contribution in [0.25, 0.3) is 0 Å². The normalized spacial score (nSPS) is 12.9. The Morgan fingerprint density at radius 3 is 2.78 bits per heavy atom. The number of carbonyl (C=O) groups is 1. The van der Waals surface area contributed by atoms with Gasteiger partial charge in [0.2, 0.25) is 12.7 Å². The molecule has 1 aromatic carbocycles. The topological polar surface area (TPSA) is 38.8 Å². The van der Waals surface area contributed by atoms with E-state index in [0.29, 0.717) is 18.9 Å². The van der Waals surface area contributed by atoms with E-state index < -0.39 is 0 Å². The van der Waals surface area contributed by atoms with E-state index in [4.69, 9.17) is 9.47 Å². The summed E-state index contributed by atoms with van der Waals surface area (Å²) >= 11 is 0. The first-order chi connectivity index (χ1) is 8.56. The van der Waals surface area contributed by atoms with Crippen molar-refractivity contribution in [1.29, 1.82) is 0 Å². The summed E-state index contributed by atoms with van der Waals surface area (Å²) < 4.78 is 10.6. The Bertz CT molecular complexity index is 443. The Morgan fingerprint density at radius 2 is 2.06 bits per heavy atom. The van der Waals surface area contributed by atoms with Gasteiger partial charge in [-0.15, -0.1) is 0 Å². The second-order valence-electron chi connectivity index (χ2n) is 5.04. The molecule has 4 heteroatoms. The average Bonchev–Trinajstić information content (AvgIpc) is 2.75. The number of fused-ring (bicyclic) bond motifs is 1. The summed E-state index contributed by atoms with van der Waals surface area (Å²) in [5.74, 6) is 2.09. The monoisotopic (exact) mass is 249 g/mol. The molecule has 0 unspecified atom stereocenters. The minimum absolute atomic E-state index is 0.169. The molecule has 0 saturated heterocycles. The Kier molecular flexibility index (Phi) is 3.75. The molecule has 1 heterocycles. The van der Waals surface area contributed by atoms with Gasteiger partial charge in [-0.2, -0.15) is 0 Å². The first-order valence-electron chi connectivity index (χ1n) is 6.18. The van der Waals surface area contributed by atoms with Crippen molar-refractivity contribution < 1.29 is 14.3 Å². The molecular formula is C14H19NO3. The average molecular weight is 249 g/mol. The van der Waals surface area contributed by atoms with Crippen LogP contribution in [-0.4, -0.2) is 24.6 Å². The molecule has 1 aromatic rings. The second-order valence-corrected chi connectivity index (χ2v) is 5.04. The van der Waals surface area contributed by atoms with Gasteiger partial charge in [-0.25, -0.2) is 0 Å². The minimum Gasteiger partial charge on any atom is -0.454 e. The maximum atomic E-state index is 11.9. The third-order valence-electron chi connectivity index (χ3n) is 2.87. The van der Waals surface area contributed by atoms with Gasteiger partial charge in [0.1, 0.15) is 0 Å². The van der Waals surface area contributed by atoms with Crippen molar-refractivity contribution in [2.45, 2.75) is 26.8 Å². The molecular weight excluding hydrogens is 230 g/mol. The van der Waals surface area contributed by atoms with E-state index in [1.165, 1.54) is 0 Å². The number of amides is 1. The molecule has 1 aliphatic rings. The molecule has 0 spiro atoms. The molecule has 0 fully saturated rings. The Balaban J connectivity index is 1.99. The lowest BCUT2D eigenvalue weighted by molar-refractivity contribution is -0.131. The number of hydrogen-bond donors (Lipinski definition) is 0. The molecule has 0 radical (unpaired) electrons. The predicted octanol–water partition coefficient (Wildman–Crippen LogP) is 2.42. The standard InChI is InChI=1S/C14H19NO3/c1-10(2)6-14(16)15(3)8-11-4-5-12-13(7-11)18-9-17-12/h4-5,7,10H,6,8-9H2,1-3H3. The maximum absolute atomic E-state index is 11.9. The first kappa shape index (κ1) is 12.7. The van der Waals surface area contributed by atoms with Gasteiger partial charge in [0, 0.05) is 20.0 Å². The van der Waals surface area contributed by atoms with Crippen molar-refractivity contribution in [2.75, 3.05) is 13.8 Å². The fourth-order valence-corrected chi connectivity index (χ4v) is 1.91. The highest BCUT2D eigenvalue weighted by Gasteiger charge is 2.15. The largest absolute Gasteiger partial charge is 0.454 e. The molecule has 0 aliphatic carbocycles. The highest BCUT2D eigenvalue weighted by molar-refractivity contribution is 5.76. The van der Waals surface area contributed by atoms with Crippen LogP contribution in [0.2, 0.25) is 0 Å². The molecule has 1 aliphatic heterocycles. The van der Waals surface area contributed by atoms with Crippen LogP contribution < -0.4 is 9.47 Å². The van der Waals surface area contributed by atoms with Crippen molar-refractivity contribution in [3.8, 4) is 11.5 Å². The number of ether oxygens (including phenoxy) is 2. The van der Waals surface area contributed by atoms with Crippen LogP contribution >= 0.6 is 0 Å². The van der Waals surface area contributed by atoms with E-state index in [1.807, 2.05) is 39.1 Å². The maximum Gasteiger partial charge on any atom is 0.231 e. The molecule has 18 heavy (non-hydrogen) atoms. The number of hydrogen-bond acceptors (Lipinski definition) is 3. The highest BCUT2D eigenvalue weighted by Crippen LogP contribution is 2.32. The van der Waals surface area contributed by atoms with E-state index in [9.17, 15) is 4.79 Å². The number of benzene rings is 1. The van der Waals surface area contributed by atoms with Gasteiger partial charge in [0.25, 0.3) is 0 Å². The van der Waals surface area contributed by atoms with Gasteiger partial charge in [-0.05, 0) is 23.6 Å². The fourth-order valence-electron chi connectivity index (χ4n) is 1.91. The van der Waals surface area contributed by atoms with E-state index >= 15 is 0 Å². The van der Waals surface area contributed by atoms with Crippen molar-refractivity contribution in [2.24, 2.45) is 5.92 Å². The van der Waals surface area contributed by atoms with Gasteiger partial charge in [0.15, 0.2) is 11.5 Å². The van der Waals surface area contributed by atoms with Crippen LogP contribution in [0, 0.1) is 5.92 Å². The third kappa shape index (κ3) is 2.94. The first-order valence-corrected chi connectivity index (χ1v) is 6.18. The smallest absolute Gasteiger partial charge is 0.231 e. The van der Waals surface area contributed by atoms with Crippen LogP contribution in [-0.2, 0) is 11.3 Å². The summed E-state index contributed by atoms with van der Waals surface area (Å²) in [5, 5.41) is 0. The summed E-state index contributed by atoms with van der Waals surface area (Å²) in [6.07, 6.45) is 0.584. The fraction of sp³-hybridized carbons (Fsp3) is 0.500. The van der Waals surface area contributed by atoms with Gasteiger partial charge in [-0.3, -0.25) is 4.79 Å². The van der Waals surface area contributed by atoms with Gasteiger partial charge < -0.3 is 14.4 Å². The Morgan fingerprint density at radius 1 is 1.33 bits per heavy atom. The zero-order valence-corrected chi connectivity index (χ0v) is 11.1. The molecule has 0 atom stereocenters. The Labute approximate surface area is 107 Å². The predicted molar refractivity (Wildman–Crippen MR) is 68.5 cm³/mol. The summed E-state index contributed by atoms with van der Waals surface area (Å²) in [6.45, 7) is 4.97. The summed E-state index contributed by atoms with van der Waals surface area (Å²) in [6, 6.07) is 5.78. The summed E-state index contributed by atoms with van der Waals surface area (Å²) in [5.41, 5.74) is 1.05. The number of carbonyl (C=O) groups excluding carboxylic acids is 1. The van der Waals surface area contributed by atoms with Crippen LogP contribution in [0.4, 0.5) is 0 Å². The summed E-state index contributed by atoms with van der Waals surface area (Å²) in [4.78, 5) is 13.6. The third-order valence-corrected chi connectivity index (χ3v) is 2.87. The van der Waals surface area contributed by atoms with Crippen LogP contribution in [0.3, 0.4) is 0 Å². The molecule has 4 nitrogen and oxygen atoms in total. The lowest BCUT2D eigenvalue weighted by Crippen LogP contribution is -2.27. The highest BCUT2D eigenvalue weighted by atomic mass is 16.7. The quantitative estimate of drug-likeness (QED) is 0.822. The van der Waals surface area contributed by atoms with Crippen LogP contribution in [0.1, 0.15) is 25.8 Å². The van der Waals surface area contributed by atoms with E-state index in [1.54, 1.807) is 4.90 Å². The van der Waals surface area contributed by atoms with Crippen molar-refractivity contribution in [3.05, 3.63) is 23.8 Å². The van der Waals surface area contributed by atoms with E-state index in [-0.39, 0.29) is 12.7 Å². The van der Waals surface area contributed by atoms with Crippen LogP contribution in [0.15, 0.2) is 18.2 Å². The SMILES string of the molecule is CC(C)CC(=O)N(C)Cc1ccc2c(c1)OCO2. The molecule has 0 saturated carbocycles. The number of rotatable bonds is 4. The zero-order chi connectivity index (χ0) is 13.1. The van der Waals surface area contributed by atoms with E-state index in [2.05, 4.69) is 0 Å². The zero-order valence-electron chi connectivity index (χ0n) is 11.1. The van der Waals surface area contributed by atoms with Gasteiger partial charge in [-0.1, -0.05) is 19.9 Å². The molecule has 98 valence electrons.